The Balaban J connectivity index is 2.03. The van der Waals surface area contributed by atoms with Crippen molar-refractivity contribution in [1.82, 2.24) is 4.90 Å². The lowest BCUT2D eigenvalue weighted by molar-refractivity contribution is 0.0240. The molecule has 0 aliphatic carbocycles. The third-order valence-electron chi connectivity index (χ3n) is 3.88. The van der Waals surface area contributed by atoms with Crippen molar-refractivity contribution in [2.45, 2.75) is 39.3 Å². The number of carbonyl (C=O) groups is 1. The van der Waals surface area contributed by atoms with E-state index in [4.69, 9.17) is 16.9 Å². The Morgan fingerprint density at radius 2 is 1.83 bits per heavy atom. The summed E-state index contributed by atoms with van der Waals surface area (Å²) >= 11 is 0. The molecule has 0 radical (unpaired) electrons. The normalized spacial score (nSPS) is 15.1. The molecule has 0 bridgehead atoms. The number of amides is 1. The van der Waals surface area contributed by atoms with Gasteiger partial charge in [-0.25, -0.2) is 4.79 Å². The summed E-state index contributed by atoms with van der Waals surface area (Å²) in [6.45, 7) is 8.96. The molecule has 0 atom stereocenters. The van der Waals surface area contributed by atoms with Gasteiger partial charge in [0.15, 0.2) is 0 Å². The lowest BCUT2D eigenvalue weighted by Gasteiger charge is -2.37. The molecule has 1 heterocycles. The molecule has 1 fully saturated rings. The van der Waals surface area contributed by atoms with Crippen LogP contribution in [0.1, 0.15) is 31.9 Å². The SMILES string of the molecule is C#CCc1cc(CN)cc(N2CCN(C(=O)OC(C)(C)C)CC2)c1. The lowest BCUT2D eigenvalue weighted by Crippen LogP contribution is -2.50. The third-order valence-corrected chi connectivity index (χ3v) is 3.88. The van der Waals surface area contributed by atoms with E-state index < -0.39 is 5.60 Å². The Labute approximate surface area is 144 Å². The highest BCUT2D eigenvalue weighted by Gasteiger charge is 2.26. The van der Waals surface area contributed by atoms with Crippen LogP contribution in [0.15, 0.2) is 18.2 Å². The van der Waals surface area contributed by atoms with Crippen LogP contribution in [0.4, 0.5) is 10.5 Å². The maximum atomic E-state index is 12.1. The number of ether oxygens (including phenoxy) is 1. The molecule has 5 heteroatoms. The second kappa shape index (κ2) is 7.59. The molecule has 2 N–H and O–H groups in total. The van der Waals surface area contributed by atoms with Crippen molar-refractivity contribution < 1.29 is 9.53 Å². The van der Waals surface area contributed by atoms with Crippen LogP contribution in [0.3, 0.4) is 0 Å². The highest BCUT2D eigenvalue weighted by Crippen LogP contribution is 2.22. The molecule has 2 rings (SSSR count). The van der Waals surface area contributed by atoms with Crippen LogP contribution in [0, 0.1) is 12.3 Å². The van der Waals surface area contributed by atoms with E-state index in [1.807, 2.05) is 20.8 Å². The van der Waals surface area contributed by atoms with Gasteiger partial charge in [-0.05, 0) is 44.0 Å². The molecule has 5 nitrogen and oxygen atoms in total. The fraction of sp³-hybridized carbons (Fsp3) is 0.526. The minimum atomic E-state index is -0.464. The van der Waals surface area contributed by atoms with Gasteiger partial charge in [0.1, 0.15) is 5.60 Å². The van der Waals surface area contributed by atoms with Crippen LogP contribution in [-0.2, 0) is 17.7 Å². The van der Waals surface area contributed by atoms with E-state index in [1.165, 1.54) is 0 Å². The molecule has 1 amide bonds. The number of carbonyl (C=O) groups excluding carboxylic acids is 1. The van der Waals surface area contributed by atoms with Crippen molar-refractivity contribution in [2.75, 3.05) is 31.1 Å². The van der Waals surface area contributed by atoms with Gasteiger partial charge in [-0.2, -0.15) is 0 Å². The second-order valence-electron chi connectivity index (χ2n) is 7.05. The maximum absolute atomic E-state index is 12.1. The average molecular weight is 329 g/mol. The average Bonchev–Trinajstić information content (AvgIpc) is 2.53. The first-order valence-electron chi connectivity index (χ1n) is 8.31. The smallest absolute Gasteiger partial charge is 0.410 e. The van der Waals surface area contributed by atoms with E-state index in [0.717, 1.165) is 29.9 Å². The van der Waals surface area contributed by atoms with Crippen molar-refractivity contribution in [3.8, 4) is 12.3 Å². The summed E-state index contributed by atoms with van der Waals surface area (Å²) in [4.78, 5) is 16.2. The number of anilines is 1. The highest BCUT2D eigenvalue weighted by atomic mass is 16.6. The van der Waals surface area contributed by atoms with Crippen LogP contribution >= 0.6 is 0 Å². The summed E-state index contributed by atoms with van der Waals surface area (Å²) in [5.41, 5.74) is 8.63. The number of hydrogen-bond donors (Lipinski definition) is 1. The van der Waals surface area contributed by atoms with Crippen LogP contribution in [0.2, 0.25) is 0 Å². The zero-order valence-electron chi connectivity index (χ0n) is 14.8. The summed E-state index contributed by atoms with van der Waals surface area (Å²) in [5, 5.41) is 0. The molecule has 0 spiro atoms. The standard InChI is InChI=1S/C19H27N3O2/c1-5-6-15-11-16(14-20)13-17(12-15)21-7-9-22(10-8-21)18(23)24-19(2,3)4/h1,11-13H,6-10,14,20H2,2-4H3. The maximum Gasteiger partial charge on any atom is 0.410 e. The molecule has 1 saturated heterocycles. The fourth-order valence-electron chi connectivity index (χ4n) is 2.74. The molecule has 1 aromatic carbocycles. The fourth-order valence-corrected chi connectivity index (χ4v) is 2.74. The molecule has 130 valence electrons. The minimum Gasteiger partial charge on any atom is -0.444 e. The van der Waals surface area contributed by atoms with Crippen LogP contribution < -0.4 is 10.6 Å². The van der Waals surface area contributed by atoms with Crippen molar-refractivity contribution in [3.05, 3.63) is 29.3 Å². The molecule has 0 saturated carbocycles. The molecule has 24 heavy (non-hydrogen) atoms. The molecule has 1 aromatic rings. The van der Waals surface area contributed by atoms with Crippen LogP contribution in [0.5, 0.6) is 0 Å². The van der Waals surface area contributed by atoms with Gasteiger partial charge in [0.05, 0.1) is 0 Å². The largest absolute Gasteiger partial charge is 0.444 e. The zero-order chi connectivity index (χ0) is 17.7. The summed E-state index contributed by atoms with van der Waals surface area (Å²) < 4.78 is 5.44. The Bertz CT molecular complexity index is 620. The first-order chi connectivity index (χ1) is 11.3. The number of rotatable bonds is 3. The van der Waals surface area contributed by atoms with E-state index in [9.17, 15) is 4.79 Å². The second-order valence-corrected chi connectivity index (χ2v) is 7.05. The summed E-state index contributed by atoms with van der Waals surface area (Å²) in [6, 6.07) is 6.27. The predicted molar refractivity (Wildman–Crippen MR) is 96.9 cm³/mol. The van der Waals surface area contributed by atoms with E-state index in [2.05, 4.69) is 29.0 Å². The Kier molecular flexibility index (Phi) is 5.74. The van der Waals surface area contributed by atoms with Crippen molar-refractivity contribution >= 4 is 11.8 Å². The van der Waals surface area contributed by atoms with E-state index in [0.29, 0.717) is 26.1 Å². The Morgan fingerprint density at radius 3 is 2.38 bits per heavy atom. The number of hydrogen-bond acceptors (Lipinski definition) is 4. The first-order valence-corrected chi connectivity index (χ1v) is 8.31. The van der Waals surface area contributed by atoms with Gasteiger partial charge in [-0.3, -0.25) is 0 Å². The molecular weight excluding hydrogens is 302 g/mol. The number of nitrogens with two attached hydrogens (primary N) is 1. The predicted octanol–water partition coefficient (Wildman–Crippen LogP) is 2.38. The number of nitrogens with zero attached hydrogens (tertiary/aromatic N) is 2. The summed E-state index contributed by atoms with van der Waals surface area (Å²) in [7, 11) is 0. The molecule has 0 aromatic heterocycles. The third kappa shape index (κ3) is 4.90. The number of benzene rings is 1. The lowest BCUT2D eigenvalue weighted by atomic mass is 10.1. The van der Waals surface area contributed by atoms with E-state index in [1.54, 1.807) is 4.90 Å². The van der Waals surface area contributed by atoms with Gasteiger partial charge in [-0.1, -0.05) is 6.07 Å². The first kappa shape index (κ1) is 18.2. The minimum absolute atomic E-state index is 0.245. The van der Waals surface area contributed by atoms with Crippen molar-refractivity contribution in [3.63, 3.8) is 0 Å². The summed E-state index contributed by atoms with van der Waals surface area (Å²) in [6.07, 6.45) is 5.78. The molecule has 1 aliphatic heterocycles. The Morgan fingerprint density at radius 1 is 1.21 bits per heavy atom. The summed E-state index contributed by atoms with van der Waals surface area (Å²) in [5.74, 6) is 2.68. The van der Waals surface area contributed by atoms with Gasteiger partial charge < -0.3 is 20.3 Å². The number of piperazine rings is 1. The monoisotopic (exact) mass is 329 g/mol. The zero-order valence-corrected chi connectivity index (χ0v) is 14.8. The van der Waals surface area contributed by atoms with E-state index >= 15 is 0 Å². The van der Waals surface area contributed by atoms with Gasteiger partial charge >= 0.3 is 6.09 Å². The number of terminal acetylenes is 1. The molecule has 0 unspecified atom stereocenters. The highest BCUT2D eigenvalue weighted by molar-refractivity contribution is 5.68. The van der Waals surface area contributed by atoms with Crippen LogP contribution in [-0.4, -0.2) is 42.8 Å². The van der Waals surface area contributed by atoms with Crippen molar-refractivity contribution in [2.24, 2.45) is 5.73 Å². The topological polar surface area (TPSA) is 58.8 Å². The molecular formula is C19H27N3O2. The molecule has 1 aliphatic rings. The van der Waals surface area contributed by atoms with Crippen LogP contribution in [0.25, 0.3) is 0 Å². The van der Waals surface area contributed by atoms with E-state index in [-0.39, 0.29) is 6.09 Å². The van der Waals surface area contributed by atoms with Gasteiger partial charge in [-0.15, -0.1) is 12.3 Å². The van der Waals surface area contributed by atoms with Gasteiger partial charge in [0, 0.05) is 44.8 Å². The van der Waals surface area contributed by atoms with Gasteiger partial charge in [0.25, 0.3) is 0 Å². The van der Waals surface area contributed by atoms with Crippen molar-refractivity contribution in [1.29, 1.82) is 0 Å². The quantitative estimate of drug-likeness (QED) is 0.865. The Hall–Kier alpha value is -2.19. The van der Waals surface area contributed by atoms with Gasteiger partial charge in [0.2, 0.25) is 0 Å².